The molecule has 130 valence electrons. The van der Waals surface area contributed by atoms with Crippen molar-refractivity contribution in [2.75, 3.05) is 12.5 Å². The van der Waals surface area contributed by atoms with Crippen molar-refractivity contribution in [3.05, 3.63) is 56.0 Å². The average Bonchev–Trinajstić information content (AvgIpc) is 3.05. The summed E-state index contributed by atoms with van der Waals surface area (Å²) in [7, 11) is 0. The van der Waals surface area contributed by atoms with E-state index in [-0.39, 0.29) is 16.0 Å². The van der Waals surface area contributed by atoms with Crippen LogP contribution in [0, 0.1) is 11.3 Å². The number of hydrogen-bond donors (Lipinski definition) is 0. The molecule has 0 unspecified atom stereocenters. The van der Waals surface area contributed by atoms with E-state index in [1.807, 2.05) is 6.07 Å². The third-order valence-corrected chi connectivity index (χ3v) is 6.54. The Balaban J connectivity index is 2.62. The molecular weight excluding hydrogens is 387 g/mol. The molecule has 0 saturated heterocycles. The molecule has 0 aliphatic heterocycles. The van der Waals surface area contributed by atoms with Crippen molar-refractivity contribution in [2.45, 2.75) is 6.18 Å². The molecule has 0 saturated carbocycles. The van der Waals surface area contributed by atoms with Gasteiger partial charge in [-0.25, -0.2) is 0 Å². The molecule has 25 heavy (non-hydrogen) atoms. The van der Waals surface area contributed by atoms with Gasteiger partial charge >= 0.3 is 6.18 Å². The van der Waals surface area contributed by atoms with E-state index in [4.69, 9.17) is 0 Å². The molecule has 2 aromatic rings. The van der Waals surface area contributed by atoms with Crippen LogP contribution >= 0.6 is 34.9 Å². The van der Waals surface area contributed by atoms with Crippen molar-refractivity contribution in [1.82, 2.24) is 0 Å². The number of allylic oxidation sites excluding steroid dienone is 1. The second-order valence-corrected chi connectivity index (χ2v) is 7.67. The zero-order valence-corrected chi connectivity index (χ0v) is 15.6. The van der Waals surface area contributed by atoms with Gasteiger partial charge < -0.3 is 0 Å². The number of alkyl halides is 3. The topological polar surface area (TPSA) is 40.9 Å². The smallest absolute Gasteiger partial charge is 0.287 e. The summed E-state index contributed by atoms with van der Waals surface area (Å²) in [6.07, 6.45) is -1.16. The van der Waals surface area contributed by atoms with Crippen molar-refractivity contribution >= 4 is 40.6 Å². The van der Waals surface area contributed by atoms with Crippen LogP contribution < -0.4 is 0 Å². The highest BCUT2D eigenvalue weighted by Crippen LogP contribution is 2.43. The number of rotatable bonds is 5. The molecule has 2 nitrogen and oxygen atoms in total. The molecule has 8 heteroatoms. The molecule has 1 aromatic heterocycles. The monoisotopic (exact) mass is 399 g/mol. The third-order valence-electron chi connectivity index (χ3n) is 3.21. The number of nitrogens with zero attached hydrogens (tertiary/aromatic N) is 1. The van der Waals surface area contributed by atoms with Crippen LogP contribution in [0.1, 0.15) is 14.5 Å². The summed E-state index contributed by atoms with van der Waals surface area (Å²) < 4.78 is 40.7. The summed E-state index contributed by atoms with van der Waals surface area (Å²) in [6, 6.07) is 11.1. The van der Waals surface area contributed by atoms with Crippen molar-refractivity contribution in [1.29, 1.82) is 5.26 Å². The zero-order valence-electron chi connectivity index (χ0n) is 13.2. The molecule has 2 rings (SSSR count). The number of nitriles is 1. The number of hydrogen-bond acceptors (Lipinski definition) is 5. The van der Waals surface area contributed by atoms with Gasteiger partial charge in [-0.2, -0.15) is 18.4 Å². The first-order valence-electron chi connectivity index (χ1n) is 6.87. The molecule has 0 N–H and O–H groups in total. The lowest BCUT2D eigenvalue weighted by atomic mass is 10.0. The van der Waals surface area contributed by atoms with Gasteiger partial charge in [0.2, 0.25) is 5.78 Å². The lowest BCUT2D eigenvalue weighted by molar-refractivity contribution is -0.133. The fourth-order valence-corrected chi connectivity index (χ4v) is 4.49. The SMILES string of the molecule is CSC(SC)=C(C#N)C(=O)c1cc(-c2ccccc2)c(C(F)(F)F)s1. The molecule has 1 aromatic carbocycles. The summed E-state index contributed by atoms with van der Waals surface area (Å²) in [6.45, 7) is 0. The summed E-state index contributed by atoms with van der Waals surface area (Å²) in [5.41, 5.74) is 0.200. The predicted octanol–water partition coefficient (Wildman–Crippen LogP) is 6.08. The standard InChI is InChI=1S/C17H12F3NOS3/c1-23-16(24-2)12(9-21)14(22)13-8-11(10-6-4-3-5-7-10)15(25-13)17(18,19)20/h3-8H,1-2H3. The number of carbonyl (C=O) groups excluding carboxylic acids is 1. The Morgan fingerprint density at radius 1 is 1.16 bits per heavy atom. The van der Waals surface area contributed by atoms with E-state index in [2.05, 4.69) is 0 Å². The highest BCUT2D eigenvalue weighted by Gasteiger charge is 2.37. The van der Waals surface area contributed by atoms with Crippen LogP contribution in [0.25, 0.3) is 11.1 Å². The first-order valence-corrected chi connectivity index (χ1v) is 10.1. The van der Waals surface area contributed by atoms with Gasteiger partial charge in [0.1, 0.15) is 16.5 Å². The number of carbonyl (C=O) groups is 1. The van der Waals surface area contributed by atoms with Gasteiger partial charge in [0.05, 0.1) is 9.11 Å². The highest BCUT2D eigenvalue weighted by atomic mass is 32.2. The van der Waals surface area contributed by atoms with E-state index in [0.29, 0.717) is 21.1 Å². The summed E-state index contributed by atoms with van der Waals surface area (Å²) >= 11 is 2.81. The van der Waals surface area contributed by atoms with Crippen LogP contribution in [0.3, 0.4) is 0 Å². The van der Waals surface area contributed by atoms with Crippen molar-refractivity contribution in [3.63, 3.8) is 0 Å². The molecule has 0 aliphatic rings. The van der Waals surface area contributed by atoms with E-state index in [1.54, 1.807) is 42.8 Å². The molecule has 0 atom stereocenters. The van der Waals surface area contributed by atoms with Crippen LogP contribution in [0.2, 0.25) is 0 Å². The van der Waals surface area contributed by atoms with Gasteiger partial charge in [-0.1, -0.05) is 30.3 Å². The lowest BCUT2D eigenvalue weighted by Gasteiger charge is -2.07. The Hall–Kier alpha value is -1.69. The van der Waals surface area contributed by atoms with E-state index >= 15 is 0 Å². The normalized spacial score (nSPS) is 11.0. The van der Waals surface area contributed by atoms with Crippen LogP contribution in [0.4, 0.5) is 13.2 Å². The van der Waals surface area contributed by atoms with Crippen molar-refractivity contribution in [2.24, 2.45) is 0 Å². The fraction of sp³-hybridized carbons (Fsp3) is 0.176. The second kappa shape index (κ2) is 8.13. The number of halogens is 3. The van der Waals surface area contributed by atoms with Gasteiger partial charge in [0.15, 0.2) is 0 Å². The Bertz CT molecular complexity index is 842. The third kappa shape index (κ3) is 4.29. The van der Waals surface area contributed by atoms with Gasteiger partial charge in [0.25, 0.3) is 0 Å². The highest BCUT2D eigenvalue weighted by molar-refractivity contribution is 8.21. The van der Waals surface area contributed by atoms with E-state index in [0.717, 1.165) is 0 Å². The predicted molar refractivity (Wildman–Crippen MR) is 98.8 cm³/mol. The van der Waals surface area contributed by atoms with Gasteiger partial charge in [-0.05, 0) is 24.1 Å². The van der Waals surface area contributed by atoms with Crippen LogP contribution in [-0.4, -0.2) is 18.3 Å². The van der Waals surface area contributed by atoms with Gasteiger partial charge in [0, 0.05) is 5.56 Å². The largest absolute Gasteiger partial charge is 0.426 e. The molecule has 1 heterocycles. The molecule has 0 fully saturated rings. The van der Waals surface area contributed by atoms with Crippen molar-refractivity contribution in [3.8, 4) is 17.2 Å². The number of Topliss-reactive ketones (excluding diaryl/α,β-unsaturated/α-hetero) is 1. The molecule has 0 bridgehead atoms. The molecular formula is C17H12F3NOS3. The Morgan fingerprint density at radius 3 is 2.24 bits per heavy atom. The minimum absolute atomic E-state index is 0.0476. The molecule has 0 amide bonds. The minimum atomic E-state index is -4.58. The maximum absolute atomic E-state index is 13.4. The number of ketones is 1. The van der Waals surface area contributed by atoms with E-state index < -0.39 is 16.8 Å². The summed E-state index contributed by atoms with van der Waals surface area (Å²) in [5.74, 6) is -0.682. The maximum atomic E-state index is 13.4. The lowest BCUT2D eigenvalue weighted by Crippen LogP contribution is -2.03. The molecule has 0 aliphatic carbocycles. The van der Waals surface area contributed by atoms with E-state index in [1.165, 1.54) is 29.6 Å². The Morgan fingerprint density at radius 2 is 1.76 bits per heavy atom. The summed E-state index contributed by atoms with van der Waals surface area (Å²) in [5, 5.41) is 9.27. The van der Waals surface area contributed by atoms with Crippen molar-refractivity contribution < 1.29 is 18.0 Å². The quantitative estimate of drug-likeness (QED) is 0.347. The minimum Gasteiger partial charge on any atom is -0.287 e. The maximum Gasteiger partial charge on any atom is 0.426 e. The number of benzene rings is 1. The van der Waals surface area contributed by atoms with Crippen LogP contribution in [0.5, 0.6) is 0 Å². The second-order valence-electron chi connectivity index (χ2n) is 4.73. The molecule has 0 spiro atoms. The first-order chi connectivity index (χ1) is 11.8. The average molecular weight is 399 g/mol. The Labute approximate surface area is 155 Å². The van der Waals surface area contributed by atoms with Crippen LogP contribution in [-0.2, 0) is 6.18 Å². The van der Waals surface area contributed by atoms with Gasteiger partial charge in [-0.3, -0.25) is 4.79 Å². The first kappa shape index (κ1) is 19.6. The van der Waals surface area contributed by atoms with Gasteiger partial charge in [-0.15, -0.1) is 34.9 Å². The summed E-state index contributed by atoms with van der Waals surface area (Å²) in [4.78, 5) is 11.7. The fourth-order valence-electron chi connectivity index (χ4n) is 2.15. The zero-order chi connectivity index (χ0) is 18.6. The number of thiophene rings is 1. The molecule has 0 radical (unpaired) electrons. The van der Waals surface area contributed by atoms with Crippen LogP contribution in [0.15, 0.2) is 46.2 Å². The van der Waals surface area contributed by atoms with E-state index in [9.17, 15) is 23.2 Å². The number of thioether (sulfide) groups is 2. The Kier molecular flexibility index (Phi) is 6.38.